The Kier molecular flexibility index (Phi) is 5.06. The molecule has 0 saturated carbocycles. The van der Waals surface area contributed by atoms with E-state index < -0.39 is 10.0 Å². The molecule has 0 radical (unpaired) electrons. The van der Waals surface area contributed by atoms with Gasteiger partial charge in [-0.15, -0.1) is 4.47 Å². The third kappa shape index (κ3) is 3.61. The average molecular weight is 374 g/mol. The highest BCUT2D eigenvalue weighted by atomic mass is 32.2. The summed E-state index contributed by atoms with van der Waals surface area (Å²) in [5.41, 5.74) is 1.16. The van der Waals surface area contributed by atoms with Crippen molar-refractivity contribution in [2.24, 2.45) is 0 Å². The maximum Gasteiger partial charge on any atom is 0.261 e. The van der Waals surface area contributed by atoms with Crippen LogP contribution in [-0.4, -0.2) is 44.5 Å². The van der Waals surface area contributed by atoms with E-state index >= 15 is 0 Å². The van der Waals surface area contributed by atoms with Crippen LogP contribution in [0, 0.1) is 0 Å². The first-order chi connectivity index (χ1) is 12.4. The quantitative estimate of drug-likeness (QED) is 0.421. The van der Waals surface area contributed by atoms with Crippen molar-refractivity contribution in [1.29, 1.82) is 0 Å². The van der Waals surface area contributed by atoms with Crippen LogP contribution in [0.3, 0.4) is 0 Å². The molecule has 2 aromatic rings. The molecule has 0 atom stereocenters. The van der Waals surface area contributed by atoms with Gasteiger partial charge in [0.15, 0.2) is 0 Å². The number of nitrogens with zero attached hydrogens (tertiary/aromatic N) is 2. The van der Waals surface area contributed by atoms with E-state index in [2.05, 4.69) is 0 Å². The number of hydrogen-bond acceptors (Lipinski definition) is 5. The Hall–Kier alpha value is -2.71. The Labute approximate surface area is 151 Å². The van der Waals surface area contributed by atoms with Crippen LogP contribution in [0.25, 0.3) is 0 Å². The molecule has 136 valence electrons. The standard InChI is InChI=1S/C18H18N2O5S/c1-26(23,24)20(14-8-3-2-4-9-14)25-13-7-12-19-17(21)15-10-5-6-11-16(15)18(19)22/h2-6,8-11H,7,12-13H2,1H3. The predicted molar refractivity (Wildman–Crippen MR) is 96.1 cm³/mol. The first-order valence-corrected chi connectivity index (χ1v) is 9.88. The second kappa shape index (κ2) is 7.27. The minimum Gasteiger partial charge on any atom is -0.274 e. The zero-order valence-electron chi connectivity index (χ0n) is 14.2. The molecule has 3 rings (SSSR count). The Balaban J connectivity index is 1.60. The summed E-state index contributed by atoms with van der Waals surface area (Å²) in [6, 6.07) is 15.1. The maximum absolute atomic E-state index is 12.3. The van der Waals surface area contributed by atoms with E-state index in [1.165, 1.54) is 0 Å². The van der Waals surface area contributed by atoms with Gasteiger partial charge in [-0.05, 0) is 30.7 Å². The van der Waals surface area contributed by atoms with Gasteiger partial charge in [0.1, 0.15) is 0 Å². The number of rotatable bonds is 7. The summed E-state index contributed by atoms with van der Waals surface area (Å²) in [6.45, 7) is 0.189. The summed E-state index contributed by atoms with van der Waals surface area (Å²) in [5, 5.41) is 0. The van der Waals surface area contributed by atoms with E-state index in [1.54, 1.807) is 54.6 Å². The molecule has 0 saturated heterocycles. The number of carbonyl (C=O) groups is 2. The number of anilines is 1. The number of hydrogen-bond donors (Lipinski definition) is 0. The highest BCUT2D eigenvalue weighted by molar-refractivity contribution is 7.91. The normalized spacial score (nSPS) is 13.8. The fourth-order valence-electron chi connectivity index (χ4n) is 2.72. The van der Waals surface area contributed by atoms with Gasteiger partial charge in [0.05, 0.1) is 29.7 Å². The van der Waals surface area contributed by atoms with Gasteiger partial charge >= 0.3 is 0 Å². The first-order valence-electron chi connectivity index (χ1n) is 8.03. The summed E-state index contributed by atoms with van der Waals surface area (Å²) in [5.74, 6) is -0.678. The van der Waals surface area contributed by atoms with Crippen LogP contribution in [0.1, 0.15) is 27.1 Å². The van der Waals surface area contributed by atoms with Gasteiger partial charge in [-0.3, -0.25) is 19.3 Å². The molecule has 26 heavy (non-hydrogen) atoms. The Bertz CT molecular complexity index is 893. The summed E-state index contributed by atoms with van der Waals surface area (Å²) in [7, 11) is -3.62. The molecule has 0 aromatic heterocycles. The Morgan fingerprint density at radius 3 is 2.00 bits per heavy atom. The van der Waals surface area contributed by atoms with Crippen molar-refractivity contribution in [2.45, 2.75) is 6.42 Å². The van der Waals surface area contributed by atoms with Crippen molar-refractivity contribution in [3.05, 3.63) is 65.7 Å². The number of fused-ring (bicyclic) bond motifs is 1. The molecule has 2 amide bonds. The number of benzene rings is 2. The summed E-state index contributed by atoms with van der Waals surface area (Å²) < 4.78 is 24.7. The number of amides is 2. The number of sulfonamides is 1. The van der Waals surface area contributed by atoms with Crippen molar-refractivity contribution in [3.63, 3.8) is 0 Å². The van der Waals surface area contributed by atoms with Gasteiger partial charge in [-0.2, -0.15) is 0 Å². The lowest BCUT2D eigenvalue weighted by molar-refractivity contribution is 0.0630. The molecule has 0 fully saturated rings. The largest absolute Gasteiger partial charge is 0.274 e. The molecule has 7 nitrogen and oxygen atoms in total. The lowest BCUT2D eigenvalue weighted by Gasteiger charge is -2.22. The van der Waals surface area contributed by atoms with Crippen molar-refractivity contribution in [1.82, 2.24) is 4.90 Å². The van der Waals surface area contributed by atoms with E-state index in [0.717, 1.165) is 15.6 Å². The van der Waals surface area contributed by atoms with Crippen LogP contribution >= 0.6 is 0 Å². The van der Waals surface area contributed by atoms with Gasteiger partial charge in [0.25, 0.3) is 21.8 Å². The minimum absolute atomic E-state index is 0.0371. The topological polar surface area (TPSA) is 84.0 Å². The SMILES string of the molecule is CS(=O)(=O)N(OCCCN1C(=O)c2ccccc2C1=O)c1ccccc1. The maximum atomic E-state index is 12.3. The van der Waals surface area contributed by atoms with Crippen molar-refractivity contribution in [2.75, 3.05) is 23.9 Å². The molecular weight excluding hydrogens is 356 g/mol. The van der Waals surface area contributed by atoms with Crippen LogP contribution in [-0.2, 0) is 14.9 Å². The van der Waals surface area contributed by atoms with Gasteiger partial charge in [-0.1, -0.05) is 30.3 Å². The van der Waals surface area contributed by atoms with Crippen LogP contribution < -0.4 is 4.47 Å². The number of carbonyl (C=O) groups excluding carboxylic acids is 2. The van der Waals surface area contributed by atoms with Crippen LogP contribution in [0.5, 0.6) is 0 Å². The zero-order valence-corrected chi connectivity index (χ0v) is 15.0. The molecule has 0 bridgehead atoms. The second-order valence-electron chi connectivity index (χ2n) is 5.82. The molecule has 2 aromatic carbocycles. The number of para-hydroxylation sites is 1. The fourth-order valence-corrected chi connectivity index (χ4v) is 3.49. The van der Waals surface area contributed by atoms with Crippen molar-refractivity contribution >= 4 is 27.5 Å². The summed E-state index contributed by atoms with van der Waals surface area (Å²) in [4.78, 5) is 31.1. The predicted octanol–water partition coefficient (Wildman–Crippen LogP) is 2.07. The highest BCUT2D eigenvalue weighted by Gasteiger charge is 2.34. The summed E-state index contributed by atoms with van der Waals surface area (Å²) >= 11 is 0. The Morgan fingerprint density at radius 1 is 0.923 bits per heavy atom. The van der Waals surface area contributed by atoms with Gasteiger partial charge in [0.2, 0.25) is 0 Å². The van der Waals surface area contributed by atoms with E-state index in [4.69, 9.17) is 4.84 Å². The van der Waals surface area contributed by atoms with Crippen molar-refractivity contribution in [3.8, 4) is 0 Å². The molecule has 0 spiro atoms. The Morgan fingerprint density at radius 2 is 1.46 bits per heavy atom. The third-order valence-corrected chi connectivity index (χ3v) is 4.80. The third-order valence-electron chi connectivity index (χ3n) is 3.88. The molecule has 1 heterocycles. The molecule has 0 unspecified atom stereocenters. The van der Waals surface area contributed by atoms with E-state index in [9.17, 15) is 18.0 Å². The minimum atomic E-state index is -3.62. The zero-order chi connectivity index (χ0) is 18.7. The highest BCUT2D eigenvalue weighted by Crippen LogP contribution is 2.23. The van der Waals surface area contributed by atoms with Crippen LogP contribution in [0.15, 0.2) is 54.6 Å². The lowest BCUT2D eigenvalue weighted by Crippen LogP contribution is -2.33. The van der Waals surface area contributed by atoms with Gasteiger partial charge < -0.3 is 0 Å². The van der Waals surface area contributed by atoms with Crippen molar-refractivity contribution < 1.29 is 22.8 Å². The molecule has 8 heteroatoms. The van der Waals surface area contributed by atoms with Crippen LogP contribution in [0.4, 0.5) is 5.69 Å². The molecule has 1 aliphatic heterocycles. The van der Waals surface area contributed by atoms with E-state index in [0.29, 0.717) is 23.2 Å². The van der Waals surface area contributed by atoms with Crippen LogP contribution in [0.2, 0.25) is 0 Å². The molecular formula is C18H18N2O5S. The smallest absolute Gasteiger partial charge is 0.261 e. The van der Waals surface area contributed by atoms with E-state index in [1.807, 2.05) is 0 Å². The second-order valence-corrected chi connectivity index (χ2v) is 7.62. The number of imide groups is 1. The van der Waals surface area contributed by atoms with Gasteiger partial charge in [0, 0.05) is 6.54 Å². The fraction of sp³-hybridized carbons (Fsp3) is 0.222. The lowest BCUT2D eigenvalue weighted by atomic mass is 10.1. The monoisotopic (exact) mass is 374 g/mol. The summed E-state index contributed by atoms with van der Waals surface area (Å²) in [6.07, 6.45) is 1.36. The van der Waals surface area contributed by atoms with E-state index in [-0.39, 0.29) is 25.0 Å². The molecule has 0 N–H and O–H groups in total. The first kappa shape index (κ1) is 18.1. The average Bonchev–Trinajstić information content (AvgIpc) is 2.86. The molecule has 1 aliphatic rings. The molecule has 0 aliphatic carbocycles. The van der Waals surface area contributed by atoms with Gasteiger partial charge in [-0.25, -0.2) is 8.42 Å².